The molecule has 0 saturated carbocycles. The summed E-state index contributed by atoms with van der Waals surface area (Å²) in [6.45, 7) is 3.54. The summed E-state index contributed by atoms with van der Waals surface area (Å²) in [5, 5.41) is 3.10. The Balaban J connectivity index is 2.55. The highest BCUT2D eigenvalue weighted by molar-refractivity contribution is 5.91. The number of hydrogen-bond donors (Lipinski definition) is 3. The molecule has 1 aromatic carbocycles. The standard InChI is InChI=1S/C13H13N3O3/c1-2-10(14)9-5-7-3-4-8(16-13(15)18)6-11(7)19-12(9)17/h2-6,10H,1,14H2,(H3,15,16,18). The smallest absolute Gasteiger partial charge is 0.341 e. The molecule has 1 heterocycles. The van der Waals surface area contributed by atoms with Crippen molar-refractivity contribution in [2.75, 3.05) is 5.32 Å². The van der Waals surface area contributed by atoms with Crippen LogP contribution < -0.4 is 22.4 Å². The van der Waals surface area contributed by atoms with Crippen LogP contribution in [0, 0.1) is 0 Å². The zero-order valence-corrected chi connectivity index (χ0v) is 10.1. The number of rotatable bonds is 3. The molecule has 1 unspecified atom stereocenters. The molecule has 0 aliphatic carbocycles. The summed E-state index contributed by atoms with van der Waals surface area (Å²) >= 11 is 0. The van der Waals surface area contributed by atoms with Gasteiger partial charge in [-0.3, -0.25) is 0 Å². The Labute approximate surface area is 108 Å². The molecule has 0 bridgehead atoms. The maximum atomic E-state index is 11.8. The van der Waals surface area contributed by atoms with Crippen molar-refractivity contribution < 1.29 is 9.21 Å². The first-order valence-electron chi connectivity index (χ1n) is 5.53. The Morgan fingerprint density at radius 3 is 2.79 bits per heavy atom. The van der Waals surface area contributed by atoms with Gasteiger partial charge in [0.1, 0.15) is 5.58 Å². The number of nitrogens with one attached hydrogen (secondary N) is 1. The van der Waals surface area contributed by atoms with Crippen molar-refractivity contribution in [2.24, 2.45) is 11.5 Å². The Morgan fingerprint density at radius 1 is 1.42 bits per heavy atom. The topological polar surface area (TPSA) is 111 Å². The highest BCUT2D eigenvalue weighted by Gasteiger charge is 2.10. The van der Waals surface area contributed by atoms with E-state index in [1.807, 2.05) is 0 Å². The molecule has 0 aliphatic heterocycles. The first-order chi connectivity index (χ1) is 9.01. The van der Waals surface area contributed by atoms with E-state index in [4.69, 9.17) is 15.9 Å². The predicted molar refractivity (Wildman–Crippen MR) is 72.8 cm³/mol. The van der Waals surface area contributed by atoms with Crippen LogP contribution in [0.5, 0.6) is 0 Å². The van der Waals surface area contributed by atoms with E-state index in [0.717, 1.165) is 0 Å². The van der Waals surface area contributed by atoms with Gasteiger partial charge in [0.25, 0.3) is 0 Å². The summed E-state index contributed by atoms with van der Waals surface area (Å²) in [5.41, 5.74) is 11.3. The molecule has 2 amide bonds. The van der Waals surface area contributed by atoms with Gasteiger partial charge in [0.2, 0.25) is 0 Å². The zero-order chi connectivity index (χ0) is 14.0. The van der Waals surface area contributed by atoms with Crippen LogP contribution in [0.1, 0.15) is 11.6 Å². The van der Waals surface area contributed by atoms with Crippen LogP contribution in [0.15, 0.2) is 46.1 Å². The van der Waals surface area contributed by atoms with Crippen LogP contribution in [0.25, 0.3) is 11.0 Å². The molecule has 2 rings (SSSR count). The average molecular weight is 259 g/mol. The lowest BCUT2D eigenvalue weighted by atomic mass is 10.1. The van der Waals surface area contributed by atoms with Crippen LogP contribution in [-0.4, -0.2) is 6.03 Å². The summed E-state index contributed by atoms with van der Waals surface area (Å²) in [4.78, 5) is 22.5. The van der Waals surface area contributed by atoms with Crippen molar-refractivity contribution >= 4 is 22.7 Å². The predicted octanol–water partition coefficient (Wildman–Crippen LogP) is 1.47. The van der Waals surface area contributed by atoms with Gasteiger partial charge in [-0.1, -0.05) is 6.08 Å². The molecular formula is C13H13N3O3. The summed E-state index contributed by atoms with van der Waals surface area (Å²) < 4.78 is 5.16. The first-order valence-corrected chi connectivity index (χ1v) is 5.53. The van der Waals surface area contributed by atoms with Gasteiger partial charge >= 0.3 is 11.7 Å². The molecule has 6 nitrogen and oxygen atoms in total. The monoisotopic (exact) mass is 259 g/mol. The third-order valence-corrected chi connectivity index (χ3v) is 2.64. The third-order valence-electron chi connectivity index (χ3n) is 2.64. The number of primary amides is 1. The van der Waals surface area contributed by atoms with Gasteiger partial charge in [-0.2, -0.15) is 0 Å². The normalized spacial score (nSPS) is 12.1. The van der Waals surface area contributed by atoms with E-state index in [9.17, 15) is 9.59 Å². The van der Waals surface area contributed by atoms with E-state index in [1.165, 1.54) is 12.1 Å². The van der Waals surface area contributed by atoms with Crippen LogP contribution in [-0.2, 0) is 0 Å². The van der Waals surface area contributed by atoms with Crippen LogP contribution in [0.4, 0.5) is 10.5 Å². The van der Waals surface area contributed by atoms with E-state index in [-0.39, 0.29) is 0 Å². The van der Waals surface area contributed by atoms with Gasteiger partial charge in [-0.25, -0.2) is 9.59 Å². The molecule has 1 aromatic heterocycles. The number of carbonyl (C=O) groups excluding carboxylic acids is 1. The number of fused-ring (bicyclic) bond motifs is 1. The number of carbonyl (C=O) groups is 1. The van der Waals surface area contributed by atoms with Crippen molar-refractivity contribution in [3.63, 3.8) is 0 Å². The van der Waals surface area contributed by atoms with Crippen LogP contribution >= 0.6 is 0 Å². The lowest BCUT2D eigenvalue weighted by Crippen LogP contribution is -2.19. The molecule has 6 heteroatoms. The van der Waals surface area contributed by atoms with Crippen molar-refractivity contribution in [2.45, 2.75) is 6.04 Å². The molecular weight excluding hydrogens is 246 g/mol. The zero-order valence-electron chi connectivity index (χ0n) is 10.1. The maximum Gasteiger partial charge on any atom is 0.341 e. The number of urea groups is 1. The fourth-order valence-corrected chi connectivity index (χ4v) is 1.71. The average Bonchev–Trinajstić information content (AvgIpc) is 2.36. The van der Waals surface area contributed by atoms with E-state index in [0.29, 0.717) is 22.2 Å². The molecule has 5 N–H and O–H groups in total. The summed E-state index contributed by atoms with van der Waals surface area (Å²) in [7, 11) is 0. The molecule has 0 saturated heterocycles. The number of amides is 2. The highest BCUT2D eigenvalue weighted by atomic mass is 16.4. The van der Waals surface area contributed by atoms with Gasteiger partial charge in [0.05, 0.1) is 11.6 Å². The maximum absolute atomic E-state index is 11.8. The van der Waals surface area contributed by atoms with E-state index in [2.05, 4.69) is 11.9 Å². The summed E-state index contributed by atoms with van der Waals surface area (Å²) in [6.07, 6.45) is 1.46. The SMILES string of the molecule is C=CC(N)c1cc2ccc(NC(N)=O)cc2oc1=O. The lowest BCUT2D eigenvalue weighted by molar-refractivity contribution is 0.259. The van der Waals surface area contributed by atoms with Crippen molar-refractivity contribution in [3.05, 3.63) is 52.9 Å². The molecule has 0 spiro atoms. The molecule has 98 valence electrons. The molecule has 0 aliphatic rings. The largest absolute Gasteiger partial charge is 0.422 e. The second-order valence-corrected chi connectivity index (χ2v) is 3.99. The van der Waals surface area contributed by atoms with Crippen LogP contribution in [0.2, 0.25) is 0 Å². The molecule has 0 radical (unpaired) electrons. The van der Waals surface area contributed by atoms with Crippen LogP contribution in [0.3, 0.4) is 0 Å². The highest BCUT2D eigenvalue weighted by Crippen LogP contribution is 2.20. The second-order valence-electron chi connectivity index (χ2n) is 3.99. The Bertz CT molecular complexity index is 706. The lowest BCUT2D eigenvalue weighted by Gasteiger charge is -2.07. The Hall–Kier alpha value is -2.60. The van der Waals surface area contributed by atoms with Crippen molar-refractivity contribution in [1.82, 2.24) is 0 Å². The van der Waals surface area contributed by atoms with Gasteiger partial charge in [0, 0.05) is 17.1 Å². The Kier molecular flexibility index (Phi) is 3.35. The molecule has 0 fully saturated rings. The summed E-state index contributed by atoms with van der Waals surface area (Å²) in [6, 6.07) is 5.24. The van der Waals surface area contributed by atoms with Crippen molar-refractivity contribution in [3.8, 4) is 0 Å². The summed E-state index contributed by atoms with van der Waals surface area (Å²) in [5.74, 6) is 0. The number of hydrogen-bond acceptors (Lipinski definition) is 4. The fourth-order valence-electron chi connectivity index (χ4n) is 1.71. The molecule has 19 heavy (non-hydrogen) atoms. The number of benzene rings is 1. The van der Waals surface area contributed by atoms with E-state index >= 15 is 0 Å². The Morgan fingerprint density at radius 2 is 2.16 bits per heavy atom. The first kappa shape index (κ1) is 12.8. The second kappa shape index (κ2) is 4.95. The van der Waals surface area contributed by atoms with E-state index in [1.54, 1.807) is 18.2 Å². The quantitative estimate of drug-likeness (QED) is 0.572. The minimum absolute atomic E-state index is 0.332. The minimum atomic E-state index is -0.688. The number of anilines is 1. The van der Waals surface area contributed by atoms with Gasteiger partial charge in [-0.05, 0) is 18.2 Å². The van der Waals surface area contributed by atoms with E-state index < -0.39 is 17.7 Å². The molecule has 1 atom stereocenters. The van der Waals surface area contributed by atoms with Gasteiger partial charge < -0.3 is 21.2 Å². The number of nitrogens with two attached hydrogens (primary N) is 2. The van der Waals surface area contributed by atoms with Crippen molar-refractivity contribution in [1.29, 1.82) is 0 Å². The third kappa shape index (κ3) is 2.63. The minimum Gasteiger partial charge on any atom is -0.422 e. The van der Waals surface area contributed by atoms with Gasteiger partial charge in [-0.15, -0.1) is 6.58 Å². The van der Waals surface area contributed by atoms with Gasteiger partial charge in [0.15, 0.2) is 0 Å². The molecule has 2 aromatic rings. The fraction of sp³-hybridized carbons (Fsp3) is 0.0769.